The lowest BCUT2D eigenvalue weighted by Crippen LogP contribution is -2.34. The summed E-state index contributed by atoms with van der Waals surface area (Å²) < 4.78 is 16.4. The number of carbonyl (C=O) groups excluding carboxylic acids is 1. The molecule has 2 heterocycles. The maximum Gasteiger partial charge on any atom is 0.238 e. The monoisotopic (exact) mass is 442 g/mol. The molecular formula is C22H23ClN4O4. The van der Waals surface area contributed by atoms with Gasteiger partial charge in [-0.05, 0) is 30.8 Å². The average molecular weight is 443 g/mol. The van der Waals surface area contributed by atoms with Gasteiger partial charge in [-0.25, -0.2) is 0 Å². The molecule has 0 atom stereocenters. The van der Waals surface area contributed by atoms with Crippen molar-refractivity contribution in [3.63, 3.8) is 0 Å². The number of halogens is 1. The quantitative estimate of drug-likeness (QED) is 0.569. The van der Waals surface area contributed by atoms with E-state index < -0.39 is 0 Å². The number of carbonyl (C=O) groups is 1. The Labute approximate surface area is 185 Å². The van der Waals surface area contributed by atoms with Crippen LogP contribution in [0, 0.1) is 0 Å². The molecule has 8 nitrogen and oxygen atoms in total. The highest BCUT2D eigenvalue weighted by Gasteiger charge is 2.15. The van der Waals surface area contributed by atoms with E-state index in [1.54, 1.807) is 30.3 Å². The van der Waals surface area contributed by atoms with Gasteiger partial charge in [0.25, 0.3) is 0 Å². The summed E-state index contributed by atoms with van der Waals surface area (Å²) in [5.74, 6) is 2.24. The van der Waals surface area contributed by atoms with Gasteiger partial charge in [0, 0.05) is 35.3 Å². The molecule has 1 aromatic heterocycles. The van der Waals surface area contributed by atoms with Crippen molar-refractivity contribution in [2.24, 2.45) is 0 Å². The smallest absolute Gasteiger partial charge is 0.238 e. The molecule has 1 aliphatic heterocycles. The van der Waals surface area contributed by atoms with Gasteiger partial charge in [0.1, 0.15) is 13.2 Å². The van der Waals surface area contributed by atoms with Crippen molar-refractivity contribution >= 4 is 23.2 Å². The number of rotatable bonds is 8. The zero-order chi connectivity index (χ0) is 21.6. The molecule has 9 heteroatoms. The van der Waals surface area contributed by atoms with E-state index in [0.29, 0.717) is 66.6 Å². The summed E-state index contributed by atoms with van der Waals surface area (Å²) in [5.41, 5.74) is 1.47. The molecular weight excluding hydrogens is 420 g/mol. The Kier molecular flexibility index (Phi) is 6.69. The highest BCUT2D eigenvalue weighted by atomic mass is 35.5. The molecule has 2 aromatic carbocycles. The van der Waals surface area contributed by atoms with Crippen LogP contribution in [0.3, 0.4) is 0 Å². The molecule has 1 N–H and O–H groups in total. The van der Waals surface area contributed by atoms with E-state index in [1.807, 2.05) is 24.0 Å². The normalized spacial score (nSPS) is 12.7. The number of fused-ring (bicyclic) bond motifs is 1. The molecule has 31 heavy (non-hydrogen) atoms. The van der Waals surface area contributed by atoms with E-state index in [4.69, 9.17) is 25.6 Å². The van der Waals surface area contributed by atoms with Crippen LogP contribution >= 0.6 is 11.6 Å². The summed E-state index contributed by atoms with van der Waals surface area (Å²) in [7, 11) is 0. The second-order valence-electron chi connectivity index (χ2n) is 7.05. The Hall–Kier alpha value is -3.10. The van der Waals surface area contributed by atoms with Gasteiger partial charge in [-0.3, -0.25) is 9.69 Å². The number of hydrogen-bond donors (Lipinski definition) is 1. The lowest BCUT2D eigenvalue weighted by atomic mass is 10.2. The number of aromatic nitrogens is 2. The van der Waals surface area contributed by atoms with Gasteiger partial charge < -0.3 is 19.3 Å². The summed E-state index contributed by atoms with van der Waals surface area (Å²) >= 11 is 6.02. The molecule has 0 saturated heterocycles. The minimum atomic E-state index is -0.108. The van der Waals surface area contributed by atoms with E-state index in [1.165, 1.54) is 0 Å². The summed E-state index contributed by atoms with van der Waals surface area (Å²) in [6.07, 6.45) is 0.540. The Morgan fingerprint density at radius 1 is 1.16 bits per heavy atom. The van der Waals surface area contributed by atoms with Crippen LogP contribution in [-0.2, 0) is 11.2 Å². The maximum absolute atomic E-state index is 12.5. The highest BCUT2D eigenvalue weighted by molar-refractivity contribution is 6.30. The molecule has 4 rings (SSSR count). The van der Waals surface area contributed by atoms with Crippen molar-refractivity contribution in [1.29, 1.82) is 0 Å². The topological polar surface area (TPSA) is 89.7 Å². The van der Waals surface area contributed by atoms with E-state index >= 15 is 0 Å². The van der Waals surface area contributed by atoms with Crippen LogP contribution in [0.2, 0.25) is 5.02 Å². The Bertz CT molecular complexity index is 1060. The van der Waals surface area contributed by atoms with E-state index in [0.717, 1.165) is 5.56 Å². The lowest BCUT2D eigenvalue weighted by molar-refractivity contribution is -0.117. The Morgan fingerprint density at radius 3 is 2.81 bits per heavy atom. The van der Waals surface area contributed by atoms with E-state index in [2.05, 4.69) is 15.5 Å². The van der Waals surface area contributed by atoms with Gasteiger partial charge in [0.15, 0.2) is 11.5 Å². The third-order valence-corrected chi connectivity index (χ3v) is 5.07. The molecule has 0 saturated carbocycles. The van der Waals surface area contributed by atoms with Gasteiger partial charge >= 0.3 is 0 Å². The van der Waals surface area contributed by atoms with Crippen LogP contribution in [-0.4, -0.2) is 53.8 Å². The third kappa shape index (κ3) is 5.53. The van der Waals surface area contributed by atoms with Crippen LogP contribution in [0.15, 0.2) is 47.0 Å². The molecule has 0 aliphatic carbocycles. The van der Waals surface area contributed by atoms with Crippen molar-refractivity contribution in [2.45, 2.75) is 13.3 Å². The first kappa shape index (κ1) is 21.1. The van der Waals surface area contributed by atoms with Crippen LogP contribution in [0.25, 0.3) is 11.4 Å². The van der Waals surface area contributed by atoms with Crippen LogP contribution in [0.4, 0.5) is 5.69 Å². The highest BCUT2D eigenvalue weighted by Crippen LogP contribution is 2.32. The van der Waals surface area contributed by atoms with Crippen molar-refractivity contribution in [3.05, 3.63) is 53.4 Å². The van der Waals surface area contributed by atoms with E-state index in [-0.39, 0.29) is 12.5 Å². The summed E-state index contributed by atoms with van der Waals surface area (Å²) in [5, 5.41) is 7.54. The third-order valence-electron chi connectivity index (χ3n) is 4.83. The number of likely N-dealkylation sites (N-methyl/N-ethyl adjacent to an activating group) is 1. The number of hydrogen-bond acceptors (Lipinski definition) is 7. The fraction of sp³-hybridized carbons (Fsp3) is 0.318. The number of ether oxygens (including phenoxy) is 2. The molecule has 1 amide bonds. The predicted molar refractivity (Wildman–Crippen MR) is 117 cm³/mol. The van der Waals surface area contributed by atoms with Gasteiger partial charge in [0.2, 0.25) is 17.6 Å². The second kappa shape index (κ2) is 9.80. The standard InChI is InChI=1S/C22H23ClN4O4/c1-2-27(9-8-21-25-22(26-31-21)15-4-3-5-16(23)12-15)14-20(28)24-17-6-7-18-19(13-17)30-11-10-29-18/h3-7,12-13H,2,8-11,14H2,1H3,(H,24,28). The van der Waals surface area contributed by atoms with Crippen LogP contribution in [0.5, 0.6) is 11.5 Å². The fourth-order valence-corrected chi connectivity index (χ4v) is 3.42. The minimum Gasteiger partial charge on any atom is -0.486 e. The fourth-order valence-electron chi connectivity index (χ4n) is 3.23. The van der Waals surface area contributed by atoms with Crippen molar-refractivity contribution in [1.82, 2.24) is 15.0 Å². The number of anilines is 1. The van der Waals surface area contributed by atoms with Crippen LogP contribution < -0.4 is 14.8 Å². The molecule has 0 fully saturated rings. The number of benzene rings is 2. The van der Waals surface area contributed by atoms with Crippen molar-refractivity contribution in [2.75, 3.05) is 38.2 Å². The number of amides is 1. The zero-order valence-corrected chi connectivity index (χ0v) is 17.9. The summed E-state index contributed by atoms with van der Waals surface area (Å²) in [6, 6.07) is 12.7. The average Bonchev–Trinajstić information content (AvgIpc) is 3.25. The predicted octanol–water partition coefficient (Wildman–Crippen LogP) is 3.66. The Morgan fingerprint density at radius 2 is 2.00 bits per heavy atom. The summed E-state index contributed by atoms with van der Waals surface area (Å²) in [4.78, 5) is 18.9. The molecule has 0 spiro atoms. The molecule has 162 valence electrons. The first-order valence-electron chi connectivity index (χ1n) is 10.1. The summed E-state index contributed by atoms with van der Waals surface area (Å²) in [6.45, 7) is 4.61. The zero-order valence-electron chi connectivity index (χ0n) is 17.1. The number of nitrogens with zero attached hydrogens (tertiary/aromatic N) is 3. The first-order valence-corrected chi connectivity index (χ1v) is 10.5. The Balaban J connectivity index is 1.30. The van der Waals surface area contributed by atoms with Crippen molar-refractivity contribution < 1.29 is 18.8 Å². The largest absolute Gasteiger partial charge is 0.486 e. The van der Waals surface area contributed by atoms with Gasteiger partial charge in [0.05, 0.1) is 6.54 Å². The molecule has 0 radical (unpaired) electrons. The van der Waals surface area contributed by atoms with Crippen molar-refractivity contribution in [3.8, 4) is 22.9 Å². The van der Waals surface area contributed by atoms with Gasteiger partial charge in [-0.2, -0.15) is 4.98 Å². The van der Waals surface area contributed by atoms with Gasteiger partial charge in [-0.15, -0.1) is 0 Å². The molecule has 0 bridgehead atoms. The maximum atomic E-state index is 12.5. The second-order valence-corrected chi connectivity index (χ2v) is 7.48. The van der Waals surface area contributed by atoms with Gasteiger partial charge in [-0.1, -0.05) is 35.8 Å². The van der Waals surface area contributed by atoms with Crippen LogP contribution in [0.1, 0.15) is 12.8 Å². The van der Waals surface area contributed by atoms with E-state index in [9.17, 15) is 4.79 Å². The minimum absolute atomic E-state index is 0.108. The first-order chi connectivity index (χ1) is 15.1. The molecule has 3 aromatic rings. The molecule has 1 aliphatic rings. The molecule has 0 unspecified atom stereocenters. The number of nitrogens with one attached hydrogen (secondary N) is 1. The lowest BCUT2D eigenvalue weighted by Gasteiger charge is -2.20. The SMILES string of the molecule is CCN(CCc1nc(-c2cccc(Cl)c2)no1)CC(=O)Nc1ccc2c(c1)OCCO2.